The van der Waals surface area contributed by atoms with Gasteiger partial charge in [-0.3, -0.25) is 14.8 Å². The standard InChI is InChI=1S/C24H31FN2O3/c1-18(2)17-27(15-7-6-10-19-8-4-3-5-9-19)24(29)22(23(28)26-30)16-20-11-13-21(25)14-12-20/h3-5,8-9,11-14,18,22,30H,6-7,10,15-17H2,1-2H3,(H,26,28). The predicted molar refractivity (Wildman–Crippen MR) is 114 cm³/mol. The van der Waals surface area contributed by atoms with Gasteiger partial charge in [-0.25, -0.2) is 9.87 Å². The molecule has 6 heteroatoms. The molecular weight excluding hydrogens is 383 g/mol. The van der Waals surface area contributed by atoms with Crippen molar-refractivity contribution in [3.05, 3.63) is 71.5 Å². The molecule has 1 unspecified atom stereocenters. The number of hydrogen-bond donors (Lipinski definition) is 2. The summed E-state index contributed by atoms with van der Waals surface area (Å²) in [5.41, 5.74) is 3.53. The Hall–Kier alpha value is -2.73. The number of rotatable bonds is 11. The zero-order chi connectivity index (χ0) is 21.9. The predicted octanol–water partition coefficient (Wildman–Crippen LogP) is 4.00. The van der Waals surface area contributed by atoms with Gasteiger partial charge < -0.3 is 4.90 Å². The van der Waals surface area contributed by atoms with Crippen LogP contribution in [0, 0.1) is 17.7 Å². The van der Waals surface area contributed by atoms with Crippen LogP contribution >= 0.6 is 0 Å². The lowest BCUT2D eigenvalue weighted by molar-refractivity contribution is -0.146. The second-order valence-electron chi connectivity index (χ2n) is 7.98. The molecular formula is C24H31FN2O3. The monoisotopic (exact) mass is 414 g/mol. The molecule has 0 bridgehead atoms. The molecule has 0 saturated heterocycles. The summed E-state index contributed by atoms with van der Waals surface area (Å²) in [6, 6.07) is 15.9. The smallest absolute Gasteiger partial charge is 0.256 e. The molecule has 2 amide bonds. The van der Waals surface area contributed by atoms with Gasteiger partial charge in [0.25, 0.3) is 5.91 Å². The van der Waals surface area contributed by atoms with Crippen LogP contribution in [-0.2, 0) is 22.4 Å². The zero-order valence-electron chi connectivity index (χ0n) is 17.7. The first kappa shape index (κ1) is 23.5. The van der Waals surface area contributed by atoms with Crippen LogP contribution in [0.5, 0.6) is 0 Å². The molecule has 0 spiro atoms. The van der Waals surface area contributed by atoms with E-state index in [1.165, 1.54) is 17.7 Å². The van der Waals surface area contributed by atoms with Crippen LogP contribution in [-0.4, -0.2) is 35.0 Å². The highest BCUT2D eigenvalue weighted by atomic mass is 19.1. The van der Waals surface area contributed by atoms with Gasteiger partial charge in [-0.15, -0.1) is 0 Å². The second-order valence-corrected chi connectivity index (χ2v) is 7.98. The quantitative estimate of drug-likeness (QED) is 0.253. The second kappa shape index (κ2) is 12.1. The fraction of sp³-hybridized carbons (Fsp3) is 0.417. The number of hydroxylamine groups is 1. The van der Waals surface area contributed by atoms with Crippen LogP contribution in [0.15, 0.2) is 54.6 Å². The lowest BCUT2D eigenvalue weighted by Crippen LogP contribution is -2.45. The molecule has 0 saturated carbocycles. The SMILES string of the molecule is CC(C)CN(CCCCc1ccccc1)C(=O)C(Cc1ccc(F)cc1)C(=O)NO. The Morgan fingerprint density at radius 1 is 1.00 bits per heavy atom. The lowest BCUT2D eigenvalue weighted by atomic mass is 9.96. The zero-order valence-corrected chi connectivity index (χ0v) is 17.7. The van der Waals surface area contributed by atoms with Gasteiger partial charge in [-0.1, -0.05) is 56.3 Å². The van der Waals surface area contributed by atoms with Crippen molar-refractivity contribution in [1.29, 1.82) is 0 Å². The van der Waals surface area contributed by atoms with Gasteiger partial charge in [0.1, 0.15) is 11.7 Å². The highest BCUT2D eigenvalue weighted by Crippen LogP contribution is 2.16. The van der Waals surface area contributed by atoms with E-state index in [1.54, 1.807) is 22.5 Å². The van der Waals surface area contributed by atoms with E-state index in [9.17, 15) is 14.0 Å². The Bertz CT molecular complexity index is 794. The van der Waals surface area contributed by atoms with E-state index in [-0.39, 0.29) is 24.1 Å². The van der Waals surface area contributed by atoms with Crippen molar-refractivity contribution in [2.45, 2.75) is 39.5 Å². The minimum absolute atomic E-state index is 0.101. The first-order valence-corrected chi connectivity index (χ1v) is 10.4. The maximum Gasteiger partial charge on any atom is 0.256 e. The third-order valence-electron chi connectivity index (χ3n) is 4.96. The van der Waals surface area contributed by atoms with E-state index < -0.39 is 11.8 Å². The highest BCUT2D eigenvalue weighted by molar-refractivity contribution is 6.00. The number of halogens is 1. The molecule has 2 aromatic carbocycles. The van der Waals surface area contributed by atoms with Crippen molar-refractivity contribution in [2.24, 2.45) is 11.8 Å². The molecule has 5 nitrogen and oxygen atoms in total. The van der Waals surface area contributed by atoms with Gasteiger partial charge >= 0.3 is 0 Å². The molecule has 2 aromatic rings. The number of carbonyl (C=O) groups is 2. The van der Waals surface area contributed by atoms with Gasteiger partial charge in [-0.05, 0) is 54.9 Å². The molecule has 30 heavy (non-hydrogen) atoms. The van der Waals surface area contributed by atoms with E-state index in [0.29, 0.717) is 18.7 Å². The molecule has 1 atom stereocenters. The van der Waals surface area contributed by atoms with Crippen LogP contribution in [0.1, 0.15) is 37.8 Å². The van der Waals surface area contributed by atoms with E-state index in [0.717, 1.165) is 19.3 Å². The minimum Gasteiger partial charge on any atom is -0.342 e. The molecule has 2 rings (SSSR count). The van der Waals surface area contributed by atoms with Crippen molar-refractivity contribution in [3.8, 4) is 0 Å². The molecule has 0 aliphatic rings. The summed E-state index contributed by atoms with van der Waals surface area (Å²) in [6.45, 7) is 5.11. The Labute approximate surface area is 177 Å². The summed E-state index contributed by atoms with van der Waals surface area (Å²) >= 11 is 0. The number of nitrogens with one attached hydrogen (secondary N) is 1. The van der Waals surface area contributed by atoms with Crippen LogP contribution in [0.4, 0.5) is 4.39 Å². The first-order chi connectivity index (χ1) is 14.4. The van der Waals surface area contributed by atoms with Gasteiger partial charge in [0.15, 0.2) is 0 Å². The summed E-state index contributed by atoms with van der Waals surface area (Å²) in [6.07, 6.45) is 2.78. The molecule has 0 heterocycles. The van der Waals surface area contributed by atoms with E-state index in [4.69, 9.17) is 5.21 Å². The third kappa shape index (κ3) is 7.59. The van der Waals surface area contributed by atoms with Crippen LogP contribution in [0.25, 0.3) is 0 Å². The summed E-state index contributed by atoms with van der Waals surface area (Å²) in [4.78, 5) is 27.1. The topological polar surface area (TPSA) is 69.6 Å². The van der Waals surface area contributed by atoms with Crippen molar-refractivity contribution in [1.82, 2.24) is 10.4 Å². The number of nitrogens with zero attached hydrogens (tertiary/aromatic N) is 1. The Balaban J connectivity index is 2.04. The van der Waals surface area contributed by atoms with Crippen molar-refractivity contribution in [3.63, 3.8) is 0 Å². The fourth-order valence-corrected chi connectivity index (χ4v) is 3.46. The van der Waals surface area contributed by atoms with E-state index in [1.807, 2.05) is 32.0 Å². The molecule has 0 aliphatic heterocycles. The molecule has 0 aliphatic carbocycles. The van der Waals surface area contributed by atoms with Crippen LogP contribution < -0.4 is 5.48 Å². The van der Waals surface area contributed by atoms with Crippen molar-refractivity contribution >= 4 is 11.8 Å². The maximum absolute atomic E-state index is 13.2. The molecule has 2 N–H and O–H groups in total. The minimum atomic E-state index is -1.06. The maximum atomic E-state index is 13.2. The van der Waals surface area contributed by atoms with Gasteiger partial charge in [0.05, 0.1) is 0 Å². The molecule has 0 aromatic heterocycles. The molecule has 0 fully saturated rings. The fourth-order valence-electron chi connectivity index (χ4n) is 3.46. The normalized spacial score (nSPS) is 11.9. The Kier molecular flexibility index (Phi) is 9.48. The summed E-state index contributed by atoms with van der Waals surface area (Å²) < 4.78 is 13.2. The Morgan fingerprint density at radius 2 is 1.67 bits per heavy atom. The number of aryl methyl sites for hydroxylation is 1. The number of amides is 2. The largest absolute Gasteiger partial charge is 0.342 e. The average Bonchev–Trinajstić information content (AvgIpc) is 2.75. The third-order valence-corrected chi connectivity index (χ3v) is 4.96. The van der Waals surface area contributed by atoms with Crippen molar-refractivity contribution < 1.29 is 19.2 Å². The summed E-state index contributed by atoms with van der Waals surface area (Å²) in [5.74, 6) is -2.27. The number of benzene rings is 2. The van der Waals surface area contributed by atoms with Gasteiger partial charge in [0, 0.05) is 13.1 Å². The molecule has 162 valence electrons. The number of hydrogen-bond acceptors (Lipinski definition) is 3. The number of carbonyl (C=O) groups excluding carboxylic acids is 2. The van der Waals surface area contributed by atoms with E-state index >= 15 is 0 Å². The van der Waals surface area contributed by atoms with Crippen molar-refractivity contribution in [2.75, 3.05) is 13.1 Å². The average molecular weight is 415 g/mol. The number of unbranched alkanes of at least 4 members (excludes halogenated alkanes) is 1. The summed E-state index contributed by atoms with van der Waals surface area (Å²) in [5, 5.41) is 9.15. The highest BCUT2D eigenvalue weighted by Gasteiger charge is 2.31. The van der Waals surface area contributed by atoms with Crippen LogP contribution in [0.3, 0.4) is 0 Å². The Morgan fingerprint density at radius 3 is 2.27 bits per heavy atom. The van der Waals surface area contributed by atoms with E-state index in [2.05, 4.69) is 12.1 Å². The van der Waals surface area contributed by atoms with Gasteiger partial charge in [0.2, 0.25) is 5.91 Å². The first-order valence-electron chi connectivity index (χ1n) is 10.4. The van der Waals surface area contributed by atoms with Crippen LogP contribution in [0.2, 0.25) is 0 Å². The molecule has 0 radical (unpaired) electrons. The van der Waals surface area contributed by atoms with Gasteiger partial charge in [-0.2, -0.15) is 0 Å². The lowest BCUT2D eigenvalue weighted by Gasteiger charge is -2.28. The summed E-state index contributed by atoms with van der Waals surface area (Å²) in [7, 11) is 0.